The molecule has 0 saturated heterocycles. The van der Waals surface area contributed by atoms with E-state index >= 15 is 0 Å². The number of anilines is 1. The van der Waals surface area contributed by atoms with Gasteiger partial charge in [-0.1, -0.05) is 0 Å². The van der Waals surface area contributed by atoms with Crippen molar-refractivity contribution in [2.75, 3.05) is 12.1 Å². The van der Waals surface area contributed by atoms with Gasteiger partial charge < -0.3 is 19.7 Å². The number of nitrogens with zero attached hydrogens (tertiary/aromatic N) is 1. The number of carbonyl (C=O) groups excluding carboxylic acids is 1. The van der Waals surface area contributed by atoms with Crippen LogP contribution >= 0.6 is 11.3 Å². The van der Waals surface area contributed by atoms with Crippen molar-refractivity contribution in [3.63, 3.8) is 0 Å². The van der Waals surface area contributed by atoms with Crippen molar-refractivity contribution < 1.29 is 14.3 Å². The van der Waals surface area contributed by atoms with E-state index in [2.05, 4.69) is 16.8 Å². The van der Waals surface area contributed by atoms with Crippen LogP contribution in [0.3, 0.4) is 0 Å². The van der Waals surface area contributed by atoms with Gasteiger partial charge in [-0.25, -0.2) is 4.79 Å². The van der Waals surface area contributed by atoms with E-state index in [0.717, 1.165) is 24.3 Å². The zero-order valence-electron chi connectivity index (χ0n) is 12.0. The van der Waals surface area contributed by atoms with Gasteiger partial charge in [-0.15, -0.1) is 0 Å². The Labute approximate surface area is 132 Å². The van der Waals surface area contributed by atoms with Gasteiger partial charge in [-0.05, 0) is 47.4 Å². The second-order valence-electron chi connectivity index (χ2n) is 5.49. The molecule has 1 aromatic heterocycles. The Hall–Kier alpha value is -2.21. The molecule has 6 heteroatoms. The summed E-state index contributed by atoms with van der Waals surface area (Å²) in [5.74, 6) is 1.39. The van der Waals surface area contributed by atoms with Crippen LogP contribution in [0.2, 0.25) is 0 Å². The Kier molecular flexibility index (Phi) is 3.38. The van der Waals surface area contributed by atoms with Gasteiger partial charge in [0, 0.05) is 24.3 Å². The summed E-state index contributed by atoms with van der Waals surface area (Å²) in [6.07, 6.45) is 2.16. The molecule has 1 aliphatic carbocycles. The van der Waals surface area contributed by atoms with Gasteiger partial charge in [0.2, 0.25) is 6.79 Å². The van der Waals surface area contributed by atoms with Crippen molar-refractivity contribution in [1.29, 1.82) is 0 Å². The van der Waals surface area contributed by atoms with Crippen LogP contribution in [0.5, 0.6) is 11.5 Å². The van der Waals surface area contributed by atoms with E-state index in [9.17, 15) is 4.79 Å². The monoisotopic (exact) mass is 316 g/mol. The lowest BCUT2D eigenvalue weighted by atomic mass is 10.2. The molecule has 0 radical (unpaired) electrons. The highest BCUT2D eigenvalue weighted by Gasteiger charge is 2.32. The summed E-state index contributed by atoms with van der Waals surface area (Å²) in [4.78, 5) is 14.5. The molecule has 22 heavy (non-hydrogen) atoms. The molecule has 1 saturated carbocycles. The maximum absolute atomic E-state index is 12.6. The highest BCUT2D eigenvalue weighted by atomic mass is 32.1. The topological polar surface area (TPSA) is 50.8 Å². The molecule has 2 aromatic rings. The van der Waals surface area contributed by atoms with Crippen molar-refractivity contribution in [3.05, 3.63) is 40.6 Å². The minimum Gasteiger partial charge on any atom is -0.454 e. The number of benzene rings is 1. The lowest BCUT2D eigenvalue weighted by Crippen LogP contribution is -2.36. The first-order valence-electron chi connectivity index (χ1n) is 7.28. The Bertz CT molecular complexity index is 683. The van der Waals surface area contributed by atoms with Crippen LogP contribution in [-0.4, -0.2) is 23.8 Å². The van der Waals surface area contributed by atoms with Gasteiger partial charge in [0.1, 0.15) is 0 Å². The lowest BCUT2D eigenvalue weighted by Gasteiger charge is -2.22. The third-order valence-corrected chi connectivity index (χ3v) is 4.54. The molecule has 0 bridgehead atoms. The summed E-state index contributed by atoms with van der Waals surface area (Å²) in [6.45, 7) is 0.893. The molecule has 2 aliphatic rings. The zero-order chi connectivity index (χ0) is 14.9. The molecule has 1 N–H and O–H groups in total. The summed E-state index contributed by atoms with van der Waals surface area (Å²) in [7, 11) is 0. The van der Waals surface area contributed by atoms with Gasteiger partial charge in [0.25, 0.3) is 0 Å². The minimum absolute atomic E-state index is 0.0624. The Morgan fingerprint density at radius 1 is 1.27 bits per heavy atom. The molecular formula is C16H16N2O3S. The SMILES string of the molecule is O=C(Nc1ccc2c(c1)OCO2)N(Cc1ccsc1)C1CC1. The smallest absolute Gasteiger partial charge is 0.322 e. The molecule has 1 aliphatic heterocycles. The Balaban J connectivity index is 1.47. The quantitative estimate of drug-likeness (QED) is 0.936. The molecule has 5 nitrogen and oxygen atoms in total. The van der Waals surface area contributed by atoms with Crippen LogP contribution in [-0.2, 0) is 6.54 Å². The van der Waals surface area contributed by atoms with Crippen molar-refractivity contribution >= 4 is 23.1 Å². The molecular weight excluding hydrogens is 300 g/mol. The third-order valence-electron chi connectivity index (χ3n) is 3.81. The van der Waals surface area contributed by atoms with Crippen LogP contribution < -0.4 is 14.8 Å². The number of thiophene rings is 1. The summed E-state index contributed by atoms with van der Waals surface area (Å²) < 4.78 is 10.6. The second-order valence-corrected chi connectivity index (χ2v) is 6.27. The van der Waals surface area contributed by atoms with Crippen LogP contribution in [0.1, 0.15) is 18.4 Å². The number of urea groups is 1. The predicted molar refractivity (Wildman–Crippen MR) is 84.5 cm³/mol. The minimum atomic E-state index is -0.0624. The molecule has 0 unspecified atom stereocenters. The molecule has 1 aromatic carbocycles. The van der Waals surface area contributed by atoms with Crippen molar-refractivity contribution in [1.82, 2.24) is 4.90 Å². The molecule has 0 spiro atoms. The van der Waals surface area contributed by atoms with E-state index in [1.165, 1.54) is 5.56 Å². The molecule has 1 fully saturated rings. The van der Waals surface area contributed by atoms with E-state index in [0.29, 0.717) is 18.3 Å². The third kappa shape index (κ3) is 2.74. The summed E-state index contributed by atoms with van der Waals surface area (Å²) in [5.41, 5.74) is 1.91. The van der Waals surface area contributed by atoms with Gasteiger partial charge in [-0.3, -0.25) is 0 Å². The average Bonchev–Trinajstić information content (AvgIpc) is 3.03. The Morgan fingerprint density at radius 3 is 2.91 bits per heavy atom. The maximum atomic E-state index is 12.6. The Morgan fingerprint density at radius 2 is 2.14 bits per heavy atom. The van der Waals surface area contributed by atoms with Crippen LogP contribution in [0.15, 0.2) is 35.0 Å². The highest BCUT2D eigenvalue weighted by Crippen LogP contribution is 2.35. The van der Waals surface area contributed by atoms with E-state index in [1.54, 1.807) is 17.4 Å². The van der Waals surface area contributed by atoms with Crippen LogP contribution in [0.4, 0.5) is 10.5 Å². The van der Waals surface area contributed by atoms with E-state index in [4.69, 9.17) is 9.47 Å². The molecule has 4 rings (SSSR count). The molecule has 114 valence electrons. The number of nitrogens with one attached hydrogen (secondary N) is 1. The van der Waals surface area contributed by atoms with Crippen molar-refractivity contribution in [3.8, 4) is 11.5 Å². The summed E-state index contributed by atoms with van der Waals surface area (Å²) in [6, 6.07) is 7.81. The van der Waals surface area contributed by atoms with Gasteiger partial charge >= 0.3 is 6.03 Å². The first-order chi connectivity index (χ1) is 10.8. The average molecular weight is 316 g/mol. The molecule has 2 amide bonds. The van der Waals surface area contributed by atoms with Gasteiger partial charge in [-0.2, -0.15) is 11.3 Å². The molecule has 0 atom stereocenters. The van der Waals surface area contributed by atoms with Gasteiger partial charge in [0.05, 0.1) is 0 Å². The second kappa shape index (κ2) is 5.53. The summed E-state index contributed by atoms with van der Waals surface area (Å²) in [5, 5.41) is 7.08. The van der Waals surface area contributed by atoms with Crippen molar-refractivity contribution in [2.24, 2.45) is 0 Å². The number of carbonyl (C=O) groups is 1. The number of ether oxygens (including phenoxy) is 2. The lowest BCUT2D eigenvalue weighted by molar-refractivity contribution is 0.174. The standard InChI is InChI=1S/C16H16N2O3S/c19-16(17-12-1-4-14-15(7-12)21-10-20-14)18(13-2-3-13)8-11-5-6-22-9-11/h1,4-7,9,13H,2-3,8,10H2,(H,17,19). The molecule has 2 heterocycles. The van der Waals surface area contributed by atoms with E-state index in [1.807, 2.05) is 22.4 Å². The number of fused-ring (bicyclic) bond motifs is 1. The largest absolute Gasteiger partial charge is 0.454 e. The van der Waals surface area contributed by atoms with Crippen molar-refractivity contribution in [2.45, 2.75) is 25.4 Å². The summed E-state index contributed by atoms with van der Waals surface area (Å²) >= 11 is 1.65. The predicted octanol–water partition coefficient (Wildman–Crippen LogP) is 3.67. The number of rotatable bonds is 4. The number of hydrogen-bond acceptors (Lipinski definition) is 4. The number of hydrogen-bond donors (Lipinski definition) is 1. The fourth-order valence-corrected chi connectivity index (χ4v) is 3.16. The van der Waals surface area contributed by atoms with Crippen LogP contribution in [0.25, 0.3) is 0 Å². The first kappa shape index (κ1) is 13.5. The maximum Gasteiger partial charge on any atom is 0.322 e. The normalized spacial score (nSPS) is 15.6. The van der Waals surface area contributed by atoms with Gasteiger partial charge in [0.15, 0.2) is 11.5 Å². The van der Waals surface area contributed by atoms with E-state index < -0.39 is 0 Å². The van der Waals surface area contributed by atoms with Crippen LogP contribution in [0, 0.1) is 0 Å². The zero-order valence-corrected chi connectivity index (χ0v) is 12.8. The number of amides is 2. The van der Waals surface area contributed by atoms with E-state index in [-0.39, 0.29) is 12.8 Å². The fraction of sp³-hybridized carbons (Fsp3) is 0.312. The highest BCUT2D eigenvalue weighted by molar-refractivity contribution is 7.07. The first-order valence-corrected chi connectivity index (χ1v) is 8.22. The fourth-order valence-electron chi connectivity index (χ4n) is 2.50.